The van der Waals surface area contributed by atoms with Gasteiger partial charge in [0.1, 0.15) is 5.75 Å². The van der Waals surface area contributed by atoms with E-state index in [1.165, 1.54) is 0 Å². The molecule has 0 aliphatic heterocycles. The molecule has 1 aromatic heterocycles. The number of hydrogen-bond donors (Lipinski definition) is 1. The molecule has 2 aromatic rings. The second kappa shape index (κ2) is 4.45. The second-order valence-corrected chi connectivity index (χ2v) is 3.63. The van der Waals surface area contributed by atoms with Crippen molar-refractivity contribution in [2.75, 3.05) is 12.3 Å². The van der Waals surface area contributed by atoms with Crippen LogP contribution in [0.3, 0.4) is 0 Å². The molecule has 0 amide bonds. The monoisotopic (exact) mass is 238 g/mol. The minimum absolute atomic E-state index is 0.331. The Hall–Kier alpha value is -1.68. The summed E-state index contributed by atoms with van der Waals surface area (Å²) in [6.45, 7) is 2.48. The summed E-state index contributed by atoms with van der Waals surface area (Å²) in [6, 6.07) is 6.94. The predicted octanol–water partition coefficient (Wildman–Crippen LogP) is 2.98. The Morgan fingerprint density at radius 3 is 2.88 bits per heavy atom. The van der Waals surface area contributed by atoms with Crippen molar-refractivity contribution in [2.24, 2.45) is 0 Å². The summed E-state index contributed by atoms with van der Waals surface area (Å²) in [5.41, 5.74) is 6.25. The summed E-state index contributed by atoms with van der Waals surface area (Å²) in [5.74, 6) is 1.57. The van der Waals surface area contributed by atoms with Gasteiger partial charge in [-0.25, -0.2) is 0 Å². The molecule has 16 heavy (non-hydrogen) atoms. The quantitative estimate of drug-likeness (QED) is 0.893. The van der Waals surface area contributed by atoms with Gasteiger partial charge in [-0.15, -0.1) is 0 Å². The zero-order valence-corrected chi connectivity index (χ0v) is 9.49. The Kier molecular flexibility index (Phi) is 3.01. The number of hydrogen-bond acceptors (Lipinski definition) is 4. The maximum absolute atomic E-state index is 5.92. The molecule has 0 unspecified atom stereocenters. The van der Waals surface area contributed by atoms with E-state index in [9.17, 15) is 0 Å². The van der Waals surface area contributed by atoms with E-state index in [0.29, 0.717) is 29.0 Å². The van der Waals surface area contributed by atoms with E-state index in [1.807, 2.05) is 6.92 Å². The van der Waals surface area contributed by atoms with Crippen molar-refractivity contribution < 1.29 is 9.26 Å². The highest BCUT2D eigenvalue weighted by Gasteiger charge is 2.11. The molecule has 4 nitrogen and oxygen atoms in total. The number of nitrogen functional groups attached to an aromatic ring is 1. The molecule has 0 radical (unpaired) electrons. The fraction of sp³-hybridized carbons (Fsp3) is 0.182. The van der Waals surface area contributed by atoms with E-state index in [2.05, 4.69) is 5.16 Å². The SMILES string of the molecule is CCOc1ccc(Cl)cc1-c1cc(N)no1. The van der Waals surface area contributed by atoms with E-state index in [1.54, 1.807) is 24.3 Å². The molecule has 0 atom stereocenters. The molecule has 2 rings (SSSR count). The van der Waals surface area contributed by atoms with Gasteiger partial charge in [-0.05, 0) is 25.1 Å². The number of rotatable bonds is 3. The first-order valence-electron chi connectivity index (χ1n) is 4.85. The van der Waals surface area contributed by atoms with Gasteiger partial charge in [-0.2, -0.15) is 0 Å². The highest BCUT2D eigenvalue weighted by atomic mass is 35.5. The van der Waals surface area contributed by atoms with Crippen molar-refractivity contribution in [1.82, 2.24) is 5.16 Å². The summed E-state index contributed by atoms with van der Waals surface area (Å²) in [5, 5.41) is 4.23. The van der Waals surface area contributed by atoms with Gasteiger partial charge in [0.15, 0.2) is 11.6 Å². The first-order chi connectivity index (χ1) is 7.70. The van der Waals surface area contributed by atoms with E-state index in [0.717, 1.165) is 5.56 Å². The minimum Gasteiger partial charge on any atom is -0.493 e. The van der Waals surface area contributed by atoms with E-state index in [4.69, 9.17) is 26.6 Å². The van der Waals surface area contributed by atoms with Crippen LogP contribution in [0.25, 0.3) is 11.3 Å². The lowest BCUT2D eigenvalue weighted by Gasteiger charge is -2.07. The Bertz CT molecular complexity index is 496. The first-order valence-corrected chi connectivity index (χ1v) is 5.23. The molecular formula is C11H11ClN2O2. The third-order valence-corrected chi connectivity index (χ3v) is 2.27. The average molecular weight is 239 g/mol. The molecular weight excluding hydrogens is 228 g/mol. The molecule has 0 saturated carbocycles. The molecule has 2 N–H and O–H groups in total. The van der Waals surface area contributed by atoms with Crippen LogP contribution < -0.4 is 10.5 Å². The fourth-order valence-electron chi connectivity index (χ4n) is 1.39. The van der Waals surface area contributed by atoms with E-state index >= 15 is 0 Å². The fourth-order valence-corrected chi connectivity index (χ4v) is 1.56. The van der Waals surface area contributed by atoms with Crippen molar-refractivity contribution in [2.45, 2.75) is 6.92 Å². The van der Waals surface area contributed by atoms with Crippen LogP contribution in [0.2, 0.25) is 5.02 Å². The summed E-state index contributed by atoms with van der Waals surface area (Å²) in [7, 11) is 0. The molecule has 1 aromatic carbocycles. The first kappa shape index (κ1) is 10.8. The van der Waals surface area contributed by atoms with Crippen LogP contribution in [0, 0.1) is 0 Å². The number of halogens is 1. The van der Waals surface area contributed by atoms with Gasteiger partial charge in [-0.3, -0.25) is 0 Å². The Balaban J connectivity index is 2.48. The smallest absolute Gasteiger partial charge is 0.172 e. The van der Waals surface area contributed by atoms with Crippen LogP contribution in [-0.4, -0.2) is 11.8 Å². The van der Waals surface area contributed by atoms with Gasteiger partial charge < -0.3 is 15.0 Å². The largest absolute Gasteiger partial charge is 0.493 e. The average Bonchev–Trinajstić information content (AvgIpc) is 2.68. The molecule has 84 valence electrons. The molecule has 0 bridgehead atoms. The van der Waals surface area contributed by atoms with Gasteiger partial charge in [0, 0.05) is 11.1 Å². The zero-order valence-electron chi connectivity index (χ0n) is 8.74. The van der Waals surface area contributed by atoms with Crippen molar-refractivity contribution in [3.05, 3.63) is 29.3 Å². The normalized spacial score (nSPS) is 10.4. The summed E-state index contributed by atoms with van der Waals surface area (Å²) in [4.78, 5) is 0. The summed E-state index contributed by atoms with van der Waals surface area (Å²) in [6.07, 6.45) is 0. The van der Waals surface area contributed by atoms with Crippen molar-refractivity contribution in [3.63, 3.8) is 0 Å². The van der Waals surface area contributed by atoms with Gasteiger partial charge in [0.25, 0.3) is 0 Å². The van der Waals surface area contributed by atoms with Gasteiger partial charge in [-0.1, -0.05) is 16.8 Å². The molecule has 0 saturated heterocycles. The number of aromatic nitrogens is 1. The third kappa shape index (κ3) is 2.12. The van der Waals surface area contributed by atoms with E-state index in [-0.39, 0.29) is 0 Å². The van der Waals surface area contributed by atoms with Gasteiger partial charge in [0.05, 0.1) is 12.2 Å². The lowest BCUT2D eigenvalue weighted by atomic mass is 10.1. The summed E-state index contributed by atoms with van der Waals surface area (Å²) < 4.78 is 10.5. The van der Waals surface area contributed by atoms with Gasteiger partial charge >= 0.3 is 0 Å². The molecule has 0 spiro atoms. The topological polar surface area (TPSA) is 61.3 Å². The van der Waals surface area contributed by atoms with Crippen LogP contribution in [-0.2, 0) is 0 Å². The highest BCUT2D eigenvalue weighted by molar-refractivity contribution is 6.30. The number of ether oxygens (including phenoxy) is 1. The number of anilines is 1. The third-order valence-electron chi connectivity index (χ3n) is 2.04. The van der Waals surface area contributed by atoms with E-state index < -0.39 is 0 Å². The van der Waals surface area contributed by atoms with Crippen molar-refractivity contribution in [3.8, 4) is 17.1 Å². The maximum atomic E-state index is 5.92. The van der Waals surface area contributed by atoms with Gasteiger partial charge in [0.2, 0.25) is 0 Å². The number of nitrogens with zero attached hydrogens (tertiary/aromatic N) is 1. The Labute approximate surface area is 97.9 Å². The Morgan fingerprint density at radius 2 is 2.25 bits per heavy atom. The molecule has 1 heterocycles. The maximum Gasteiger partial charge on any atom is 0.172 e. The zero-order chi connectivity index (χ0) is 11.5. The van der Waals surface area contributed by atoms with Crippen LogP contribution in [0.4, 0.5) is 5.82 Å². The lowest BCUT2D eigenvalue weighted by molar-refractivity contribution is 0.339. The van der Waals surface area contributed by atoms with Crippen LogP contribution in [0.5, 0.6) is 5.75 Å². The molecule has 5 heteroatoms. The summed E-state index contributed by atoms with van der Waals surface area (Å²) >= 11 is 5.92. The number of nitrogens with two attached hydrogens (primary N) is 1. The predicted molar refractivity (Wildman–Crippen MR) is 62.5 cm³/mol. The molecule has 0 aliphatic carbocycles. The van der Waals surface area contributed by atoms with Crippen molar-refractivity contribution in [1.29, 1.82) is 0 Å². The molecule has 0 fully saturated rings. The number of benzene rings is 1. The highest BCUT2D eigenvalue weighted by Crippen LogP contribution is 2.33. The van der Waals surface area contributed by atoms with Crippen LogP contribution >= 0.6 is 11.6 Å². The Morgan fingerprint density at radius 1 is 1.44 bits per heavy atom. The van der Waals surface area contributed by atoms with Crippen LogP contribution in [0.1, 0.15) is 6.92 Å². The van der Waals surface area contributed by atoms with Crippen LogP contribution in [0.15, 0.2) is 28.8 Å². The minimum atomic E-state index is 0.331. The lowest BCUT2D eigenvalue weighted by Crippen LogP contribution is -1.93. The molecule has 0 aliphatic rings. The van der Waals surface area contributed by atoms with Crippen molar-refractivity contribution >= 4 is 17.4 Å². The second-order valence-electron chi connectivity index (χ2n) is 3.19. The standard InChI is InChI=1S/C11H11ClN2O2/c1-2-15-9-4-3-7(12)5-8(9)10-6-11(13)14-16-10/h3-6H,2H2,1H3,(H2,13,14).